The Labute approximate surface area is 132 Å². The zero-order valence-corrected chi connectivity index (χ0v) is 12.4. The zero-order valence-electron chi connectivity index (χ0n) is 12.4. The Hall–Kier alpha value is -2.29. The summed E-state index contributed by atoms with van der Waals surface area (Å²) >= 11 is 0. The highest BCUT2D eigenvalue weighted by molar-refractivity contribution is 6.20. The summed E-state index contributed by atoms with van der Waals surface area (Å²) in [7, 11) is 0. The molecule has 0 aromatic heterocycles. The SMILES string of the molecule is O=COCCOCCOCCON1C(=O)c2ccccc2C1=O. The van der Waals surface area contributed by atoms with Gasteiger partial charge in [-0.25, -0.2) is 0 Å². The van der Waals surface area contributed by atoms with E-state index in [9.17, 15) is 14.4 Å². The predicted octanol–water partition coefficient (Wildman–Crippen LogP) is 0.420. The maximum atomic E-state index is 12.0. The van der Waals surface area contributed by atoms with Crippen LogP contribution in [0, 0.1) is 0 Å². The molecule has 1 aromatic carbocycles. The maximum Gasteiger partial charge on any atom is 0.293 e. The van der Waals surface area contributed by atoms with Crippen molar-refractivity contribution in [3.8, 4) is 0 Å². The van der Waals surface area contributed by atoms with Gasteiger partial charge >= 0.3 is 0 Å². The van der Waals surface area contributed by atoms with Crippen LogP contribution in [0.25, 0.3) is 0 Å². The third kappa shape index (κ3) is 4.59. The number of amides is 2. The molecule has 1 aromatic rings. The summed E-state index contributed by atoms with van der Waals surface area (Å²) in [6.07, 6.45) is 0. The fourth-order valence-corrected chi connectivity index (χ4v) is 1.95. The van der Waals surface area contributed by atoms with E-state index in [1.807, 2.05) is 0 Å². The van der Waals surface area contributed by atoms with Crippen molar-refractivity contribution in [1.82, 2.24) is 5.06 Å². The molecule has 0 aliphatic carbocycles. The van der Waals surface area contributed by atoms with Crippen molar-refractivity contribution in [2.75, 3.05) is 39.6 Å². The molecule has 0 spiro atoms. The van der Waals surface area contributed by atoms with Crippen LogP contribution in [-0.4, -0.2) is 63.0 Å². The first-order chi connectivity index (χ1) is 11.3. The second-order valence-electron chi connectivity index (χ2n) is 4.48. The number of carbonyl (C=O) groups excluding carboxylic acids is 3. The predicted molar refractivity (Wildman–Crippen MR) is 76.5 cm³/mol. The largest absolute Gasteiger partial charge is 0.465 e. The quantitative estimate of drug-likeness (QED) is 0.331. The molecular weight excluding hydrogens is 306 g/mol. The van der Waals surface area contributed by atoms with Crippen molar-refractivity contribution in [3.05, 3.63) is 35.4 Å². The van der Waals surface area contributed by atoms with E-state index < -0.39 is 11.8 Å². The van der Waals surface area contributed by atoms with Gasteiger partial charge in [-0.3, -0.25) is 19.2 Å². The minimum absolute atomic E-state index is 0.0692. The lowest BCUT2D eigenvalue weighted by Crippen LogP contribution is -2.31. The molecule has 0 N–H and O–H groups in total. The number of hydroxylamine groups is 2. The van der Waals surface area contributed by atoms with Crippen LogP contribution < -0.4 is 0 Å². The van der Waals surface area contributed by atoms with Crippen LogP contribution in [0.15, 0.2) is 24.3 Å². The smallest absolute Gasteiger partial charge is 0.293 e. The summed E-state index contributed by atoms with van der Waals surface area (Å²) in [4.78, 5) is 39.0. The molecule has 2 amide bonds. The van der Waals surface area contributed by atoms with E-state index in [0.29, 0.717) is 37.4 Å². The molecule has 8 heteroatoms. The molecule has 0 fully saturated rings. The van der Waals surface area contributed by atoms with Crippen LogP contribution in [0.4, 0.5) is 0 Å². The molecule has 8 nitrogen and oxygen atoms in total. The van der Waals surface area contributed by atoms with Crippen LogP contribution in [0.3, 0.4) is 0 Å². The first kappa shape index (κ1) is 17.1. The van der Waals surface area contributed by atoms with E-state index in [2.05, 4.69) is 4.74 Å². The summed E-state index contributed by atoms with van der Waals surface area (Å²) in [5, 5.41) is 0.751. The van der Waals surface area contributed by atoms with Crippen molar-refractivity contribution >= 4 is 18.3 Å². The van der Waals surface area contributed by atoms with Crippen molar-refractivity contribution in [2.45, 2.75) is 0 Å². The molecule has 0 radical (unpaired) electrons. The van der Waals surface area contributed by atoms with Gasteiger partial charge in [-0.15, -0.1) is 5.06 Å². The lowest BCUT2D eigenvalue weighted by Gasteiger charge is -2.13. The number of nitrogens with zero attached hydrogens (tertiary/aromatic N) is 1. The number of ether oxygens (including phenoxy) is 3. The van der Waals surface area contributed by atoms with E-state index in [4.69, 9.17) is 14.3 Å². The summed E-state index contributed by atoms with van der Waals surface area (Å²) in [5.41, 5.74) is 0.675. The summed E-state index contributed by atoms with van der Waals surface area (Å²) < 4.78 is 14.8. The molecule has 1 heterocycles. The van der Waals surface area contributed by atoms with Gasteiger partial charge in [0.05, 0.1) is 44.2 Å². The summed E-state index contributed by atoms with van der Waals surface area (Å²) in [5.74, 6) is -0.937. The average molecular weight is 323 g/mol. The van der Waals surface area contributed by atoms with Crippen LogP contribution in [0.2, 0.25) is 0 Å². The van der Waals surface area contributed by atoms with E-state index in [1.165, 1.54) is 0 Å². The molecule has 0 saturated carbocycles. The Morgan fingerprint density at radius 2 is 1.35 bits per heavy atom. The Balaban J connectivity index is 1.58. The van der Waals surface area contributed by atoms with Crippen LogP contribution in [0.1, 0.15) is 20.7 Å². The molecule has 23 heavy (non-hydrogen) atoms. The van der Waals surface area contributed by atoms with Gasteiger partial charge in [0.15, 0.2) is 0 Å². The monoisotopic (exact) mass is 323 g/mol. The molecule has 0 unspecified atom stereocenters. The number of rotatable bonds is 11. The van der Waals surface area contributed by atoms with E-state index in [1.54, 1.807) is 24.3 Å². The van der Waals surface area contributed by atoms with Crippen LogP contribution >= 0.6 is 0 Å². The average Bonchev–Trinajstić information content (AvgIpc) is 2.81. The third-order valence-electron chi connectivity index (χ3n) is 2.99. The second kappa shape index (κ2) is 8.99. The highest BCUT2D eigenvalue weighted by atomic mass is 16.7. The lowest BCUT2D eigenvalue weighted by molar-refractivity contribution is -0.130. The standard InChI is InChI=1S/C15H17NO7/c17-11-22-8-7-20-5-6-21-9-10-23-16-14(18)12-3-1-2-4-13(12)15(16)19/h1-4,11H,5-10H2. The molecule has 0 saturated heterocycles. The normalized spacial score (nSPS) is 13.3. The van der Waals surface area contributed by atoms with E-state index >= 15 is 0 Å². The van der Waals surface area contributed by atoms with Crippen molar-refractivity contribution in [3.63, 3.8) is 0 Å². The number of benzene rings is 1. The fraction of sp³-hybridized carbons (Fsp3) is 0.400. The number of fused-ring (bicyclic) bond motifs is 1. The van der Waals surface area contributed by atoms with Gasteiger partial charge in [-0.2, -0.15) is 0 Å². The number of hydrogen-bond acceptors (Lipinski definition) is 7. The van der Waals surface area contributed by atoms with Gasteiger partial charge in [0.1, 0.15) is 6.61 Å². The molecule has 0 bridgehead atoms. The third-order valence-corrected chi connectivity index (χ3v) is 2.99. The Morgan fingerprint density at radius 3 is 1.91 bits per heavy atom. The van der Waals surface area contributed by atoms with E-state index in [0.717, 1.165) is 5.06 Å². The maximum absolute atomic E-state index is 12.0. The van der Waals surface area contributed by atoms with Crippen LogP contribution in [0.5, 0.6) is 0 Å². The van der Waals surface area contributed by atoms with Crippen LogP contribution in [-0.2, 0) is 23.8 Å². The molecule has 2 rings (SSSR count). The molecule has 124 valence electrons. The van der Waals surface area contributed by atoms with Gasteiger partial charge in [-0.05, 0) is 12.1 Å². The van der Waals surface area contributed by atoms with Crippen molar-refractivity contribution in [1.29, 1.82) is 0 Å². The minimum Gasteiger partial charge on any atom is -0.465 e. The minimum atomic E-state index is -0.468. The Bertz CT molecular complexity index is 526. The first-order valence-corrected chi connectivity index (χ1v) is 7.07. The number of hydrogen-bond donors (Lipinski definition) is 0. The zero-order chi connectivity index (χ0) is 16.5. The number of imide groups is 1. The summed E-state index contributed by atoms with van der Waals surface area (Å²) in [6.45, 7) is 1.81. The molecular formula is C15H17NO7. The molecule has 1 aliphatic heterocycles. The van der Waals surface area contributed by atoms with Crippen molar-refractivity contribution in [2.24, 2.45) is 0 Å². The Morgan fingerprint density at radius 1 is 0.826 bits per heavy atom. The van der Waals surface area contributed by atoms with Gasteiger partial charge in [-0.1, -0.05) is 12.1 Å². The van der Waals surface area contributed by atoms with Gasteiger partial charge in [0.25, 0.3) is 18.3 Å². The van der Waals surface area contributed by atoms with Gasteiger partial charge in [0.2, 0.25) is 0 Å². The molecule has 0 atom stereocenters. The first-order valence-electron chi connectivity index (χ1n) is 7.07. The van der Waals surface area contributed by atoms with Crippen molar-refractivity contribution < 1.29 is 33.4 Å². The lowest BCUT2D eigenvalue weighted by atomic mass is 10.1. The molecule has 1 aliphatic rings. The highest BCUT2D eigenvalue weighted by Crippen LogP contribution is 2.22. The summed E-state index contributed by atoms with van der Waals surface area (Å²) in [6, 6.07) is 6.55. The second-order valence-corrected chi connectivity index (χ2v) is 4.48. The highest BCUT2D eigenvalue weighted by Gasteiger charge is 2.36. The number of carbonyl (C=O) groups is 3. The van der Waals surface area contributed by atoms with E-state index in [-0.39, 0.29) is 19.8 Å². The van der Waals surface area contributed by atoms with Gasteiger partial charge in [0, 0.05) is 0 Å². The van der Waals surface area contributed by atoms with Gasteiger partial charge < -0.3 is 14.2 Å². The fourth-order valence-electron chi connectivity index (χ4n) is 1.95. The Kier molecular flexibility index (Phi) is 6.67. The topological polar surface area (TPSA) is 91.4 Å².